The Morgan fingerprint density at radius 1 is 1.12 bits per heavy atom. The van der Waals surface area contributed by atoms with Gasteiger partial charge in [-0.15, -0.1) is 5.10 Å². The van der Waals surface area contributed by atoms with E-state index >= 15 is 0 Å². The molecule has 0 saturated heterocycles. The van der Waals surface area contributed by atoms with Crippen LogP contribution in [0.3, 0.4) is 0 Å². The van der Waals surface area contributed by atoms with Gasteiger partial charge in [-0.25, -0.2) is 13.1 Å². The molecule has 0 spiro atoms. The van der Waals surface area contributed by atoms with Crippen LogP contribution in [0, 0.1) is 0 Å². The lowest BCUT2D eigenvalue weighted by Crippen LogP contribution is -2.27. The zero-order valence-electron chi connectivity index (χ0n) is 13.2. The lowest BCUT2D eigenvalue weighted by molar-refractivity contribution is 0.0964. The van der Waals surface area contributed by atoms with E-state index in [2.05, 4.69) is 15.0 Å². The van der Waals surface area contributed by atoms with Crippen LogP contribution >= 0.6 is 0 Å². The van der Waals surface area contributed by atoms with Crippen LogP contribution in [-0.4, -0.2) is 35.5 Å². The molecule has 128 valence electrons. The van der Waals surface area contributed by atoms with E-state index in [1.807, 2.05) is 0 Å². The van der Waals surface area contributed by atoms with Gasteiger partial charge >= 0.3 is 0 Å². The second kappa shape index (κ2) is 6.44. The monoisotopic (exact) mass is 358 g/mol. The van der Waals surface area contributed by atoms with Crippen LogP contribution in [0.5, 0.6) is 0 Å². The predicted octanol–water partition coefficient (Wildman–Crippen LogP) is 1.05. The van der Waals surface area contributed by atoms with E-state index in [4.69, 9.17) is 0 Å². The van der Waals surface area contributed by atoms with E-state index < -0.39 is 15.6 Å². The molecular formula is C16H14N4O4S. The maximum Gasteiger partial charge on any atom is 0.278 e. The van der Waals surface area contributed by atoms with Crippen molar-refractivity contribution in [1.82, 2.24) is 15.0 Å². The van der Waals surface area contributed by atoms with Crippen LogP contribution in [0.1, 0.15) is 10.4 Å². The van der Waals surface area contributed by atoms with Gasteiger partial charge in [0.2, 0.25) is 10.0 Å². The molecular weight excluding hydrogens is 344 g/mol. The van der Waals surface area contributed by atoms with Gasteiger partial charge in [0.15, 0.2) is 5.78 Å². The summed E-state index contributed by atoms with van der Waals surface area (Å²) >= 11 is 0. The first-order valence-corrected chi connectivity index (χ1v) is 9.16. The number of fused-ring (bicyclic) bond motifs is 1. The van der Waals surface area contributed by atoms with E-state index in [0.29, 0.717) is 22.2 Å². The van der Waals surface area contributed by atoms with Crippen molar-refractivity contribution < 1.29 is 13.2 Å². The highest BCUT2D eigenvalue weighted by molar-refractivity contribution is 7.92. The number of benzene rings is 2. The van der Waals surface area contributed by atoms with Gasteiger partial charge in [-0.2, -0.15) is 0 Å². The number of nitrogens with zero attached hydrogens (tertiary/aromatic N) is 3. The van der Waals surface area contributed by atoms with Crippen LogP contribution in [0.25, 0.3) is 10.9 Å². The second-order valence-corrected chi connectivity index (χ2v) is 7.19. The summed E-state index contributed by atoms with van der Waals surface area (Å²) in [7, 11) is -3.38. The first kappa shape index (κ1) is 16.8. The Balaban J connectivity index is 1.83. The summed E-state index contributed by atoms with van der Waals surface area (Å²) in [5.74, 6) is -0.336. The zero-order chi connectivity index (χ0) is 18.0. The number of rotatable bonds is 5. The molecule has 0 bridgehead atoms. The van der Waals surface area contributed by atoms with Gasteiger partial charge in [0.05, 0.1) is 11.6 Å². The van der Waals surface area contributed by atoms with E-state index in [-0.39, 0.29) is 12.3 Å². The topological polar surface area (TPSA) is 111 Å². The minimum absolute atomic E-state index is 0.254. The number of sulfonamides is 1. The molecule has 0 atom stereocenters. The molecule has 9 heteroatoms. The molecule has 1 N–H and O–H groups in total. The highest BCUT2D eigenvalue weighted by Gasteiger charge is 2.12. The Hall–Kier alpha value is -3.07. The summed E-state index contributed by atoms with van der Waals surface area (Å²) in [6, 6.07) is 12.7. The van der Waals surface area contributed by atoms with Crippen molar-refractivity contribution in [3.05, 3.63) is 64.4 Å². The summed E-state index contributed by atoms with van der Waals surface area (Å²) < 4.78 is 25.7. The summed E-state index contributed by atoms with van der Waals surface area (Å²) in [5.41, 5.74) is 0.754. The molecule has 3 rings (SSSR count). The van der Waals surface area contributed by atoms with Crippen LogP contribution in [0.2, 0.25) is 0 Å². The van der Waals surface area contributed by atoms with Gasteiger partial charge in [0.1, 0.15) is 12.1 Å². The molecule has 1 aromatic heterocycles. The number of hydrogen-bond acceptors (Lipinski definition) is 6. The van der Waals surface area contributed by atoms with Gasteiger partial charge in [-0.3, -0.25) is 14.3 Å². The molecule has 0 saturated carbocycles. The van der Waals surface area contributed by atoms with E-state index in [9.17, 15) is 18.0 Å². The molecule has 0 unspecified atom stereocenters. The van der Waals surface area contributed by atoms with E-state index in [0.717, 1.165) is 10.9 Å². The maximum absolute atomic E-state index is 12.3. The summed E-state index contributed by atoms with van der Waals surface area (Å²) in [6.45, 7) is -0.254. The molecule has 8 nitrogen and oxygen atoms in total. The van der Waals surface area contributed by atoms with Crippen molar-refractivity contribution in [3.63, 3.8) is 0 Å². The van der Waals surface area contributed by atoms with Gasteiger partial charge in [0, 0.05) is 11.3 Å². The summed E-state index contributed by atoms with van der Waals surface area (Å²) in [5, 5.41) is 8.09. The number of Topliss-reactive ketones (excluding diaryl/α,β-unsaturated/α-hetero) is 1. The molecule has 0 amide bonds. The van der Waals surface area contributed by atoms with Crippen LogP contribution in [0.15, 0.2) is 53.3 Å². The Morgan fingerprint density at radius 2 is 1.80 bits per heavy atom. The highest BCUT2D eigenvalue weighted by Crippen LogP contribution is 2.12. The Labute approximate surface area is 143 Å². The minimum Gasteiger partial charge on any atom is -0.292 e. The van der Waals surface area contributed by atoms with Gasteiger partial charge in [-0.1, -0.05) is 17.3 Å². The molecule has 0 aliphatic rings. The molecule has 0 fully saturated rings. The molecule has 0 aliphatic carbocycles. The molecule has 2 aromatic carbocycles. The van der Waals surface area contributed by atoms with Crippen LogP contribution in [0.4, 0.5) is 5.69 Å². The smallest absolute Gasteiger partial charge is 0.278 e. The minimum atomic E-state index is -3.38. The molecule has 25 heavy (non-hydrogen) atoms. The Bertz CT molecular complexity index is 1100. The lowest BCUT2D eigenvalue weighted by Gasteiger charge is -2.06. The normalized spacial score (nSPS) is 11.4. The third kappa shape index (κ3) is 3.89. The van der Waals surface area contributed by atoms with Gasteiger partial charge in [0.25, 0.3) is 5.56 Å². The Morgan fingerprint density at radius 3 is 2.48 bits per heavy atom. The summed E-state index contributed by atoms with van der Waals surface area (Å²) in [4.78, 5) is 24.7. The Kier molecular flexibility index (Phi) is 4.32. The quantitative estimate of drug-likeness (QED) is 0.682. The van der Waals surface area contributed by atoms with E-state index in [1.165, 1.54) is 24.3 Å². The number of aromatic nitrogens is 3. The first-order chi connectivity index (χ1) is 11.8. The number of carbonyl (C=O) groups is 1. The van der Waals surface area contributed by atoms with Crippen LogP contribution < -0.4 is 10.3 Å². The standard InChI is InChI=1S/C16H14N4O4S/c1-25(23,24)18-12-8-6-11(7-9-12)15(21)10-20-16(22)13-4-2-3-5-14(13)17-19-20/h2-9,18H,10H2,1H3. The largest absolute Gasteiger partial charge is 0.292 e. The van der Waals surface area contributed by atoms with Crippen molar-refractivity contribution in [1.29, 1.82) is 0 Å². The third-order valence-corrected chi connectivity index (χ3v) is 4.04. The zero-order valence-corrected chi connectivity index (χ0v) is 14.0. The molecule has 1 heterocycles. The van der Waals surface area contributed by atoms with Crippen molar-refractivity contribution in [2.45, 2.75) is 6.54 Å². The fourth-order valence-electron chi connectivity index (χ4n) is 2.29. The first-order valence-electron chi connectivity index (χ1n) is 7.27. The number of anilines is 1. The summed E-state index contributed by atoms with van der Waals surface area (Å²) in [6.07, 6.45) is 1.04. The van der Waals surface area contributed by atoms with Gasteiger partial charge < -0.3 is 0 Å². The number of hydrogen-bond donors (Lipinski definition) is 1. The van der Waals surface area contributed by atoms with E-state index in [1.54, 1.807) is 24.3 Å². The SMILES string of the molecule is CS(=O)(=O)Nc1ccc(C(=O)Cn2nnc3ccccc3c2=O)cc1. The average Bonchev–Trinajstić information content (AvgIpc) is 2.57. The fourth-order valence-corrected chi connectivity index (χ4v) is 2.86. The van der Waals surface area contributed by atoms with Crippen molar-refractivity contribution >= 4 is 32.4 Å². The second-order valence-electron chi connectivity index (χ2n) is 5.44. The van der Waals surface area contributed by atoms with Crippen LogP contribution in [-0.2, 0) is 16.6 Å². The molecule has 3 aromatic rings. The van der Waals surface area contributed by atoms with Crippen molar-refractivity contribution in [3.8, 4) is 0 Å². The maximum atomic E-state index is 12.3. The number of nitrogens with one attached hydrogen (secondary N) is 1. The lowest BCUT2D eigenvalue weighted by atomic mass is 10.1. The molecule has 0 aliphatic heterocycles. The fraction of sp³-hybridized carbons (Fsp3) is 0.125. The van der Waals surface area contributed by atoms with Gasteiger partial charge in [-0.05, 0) is 36.4 Å². The molecule has 0 radical (unpaired) electrons. The van der Waals surface area contributed by atoms with Crippen molar-refractivity contribution in [2.24, 2.45) is 0 Å². The average molecular weight is 358 g/mol. The predicted molar refractivity (Wildman–Crippen MR) is 93.0 cm³/mol. The number of carbonyl (C=O) groups excluding carboxylic acids is 1. The number of ketones is 1. The highest BCUT2D eigenvalue weighted by atomic mass is 32.2. The third-order valence-electron chi connectivity index (χ3n) is 3.43. The van der Waals surface area contributed by atoms with Crippen molar-refractivity contribution in [2.75, 3.05) is 11.0 Å².